The summed E-state index contributed by atoms with van der Waals surface area (Å²) >= 11 is 1.65. The fraction of sp³-hybridized carbons (Fsp3) is 0.312. The highest BCUT2D eigenvalue weighted by Gasteiger charge is 2.20. The first-order valence-electron chi connectivity index (χ1n) is 7.03. The summed E-state index contributed by atoms with van der Waals surface area (Å²) in [4.78, 5) is 12.3. The summed E-state index contributed by atoms with van der Waals surface area (Å²) in [5.41, 5.74) is 2.11. The third-order valence-electron chi connectivity index (χ3n) is 3.52. The van der Waals surface area contributed by atoms with Crippen molar-refractivity contribution in [2.45, 2.75) is 25.9 Å². The van der Waals surface area contributed by atoms with Crippen LogP contribution in [0.3, 0.4) is 0 Å². The molecule has 3 rings (SSSR count). The number of rotatable bonds is 4. The van der Waals surface area contributed by atoms with Crippen molar-refractivity contribution in [1.29, 1.82) is 0 Å². The Morgan fingerprint density at radius 1 is 1.38 bits per heavy atom. The van der Waals surface area contributed by atoms with Crippen molar-refractivity contribution in [3.8, 4) is 5.75 Å². The number of fused-ring (bicyclic) bond motifs is 1. The molecule has 0 fully saturated rings. The summed E-state index contributed by atoms with van der Waals surface area (Å²) in [5, 5.41) is 8.44. The molecule has 2 aromatic rings. The van der Waals surface area contributed by atoms with Crippen LogP contribution in [0.1, 0.15) is 29.8 Å². The van der Waals surface area contributed by atoms with Crippen molar-refractivity contribution in [2.24, 2.45) is 0 Å². The van der Waals surface area contributed by atoms with Gasteiger partial charge in [0.2, 0.25) is 5.91 Å². The summed E-state index contributed by atoms with van der Waals surface area (Å²) in [6, 6.07) is 10.4. The predicted octanol–water partition coefficient (Wildman–Crippen LogP) is 3.32. The van der Waals surface area contributed by atoms with Crippen LogP contribution >= 0.6 is 11.3 Å². The van der Waals surface area contributed by atoms with Gasteiger partial charge in [0.15, 0.2) is 0 Å². The number of thiophene rings is 1. The lowest BCUT2D eigenvalue weighted by molar-refractivity contribution is -0.114. The van der Waals surface area contributed by atoms with Crippen LogP contribution in [0.5, 0.6) is 5.75 Å². The molecule has 0 aliphatic carbocycles. The molecule has 0 saturated carbocycles. The van der Waals surface area contributed by atoms with Crippen molar-refractivity contribution in [3.63, 3.8) is 0 Å². The summed E-state index contributed by atoms with van der Waals surface area (Å²) < 4.78 is 5.67. The first-order valence-corrected chi connectivity index (χ1v) is 7.91. The zero-order chi connectivity index (χ0) is 14.7. The van der Waals surface area contributed by atoms with Gasteiger partial charge in [0.25, 0.3) is 0 Å². The van der Waals surface area contributed by atoms with Gasteiger partial charge in [-0.2, -0.15) is 0 Å². The molecular formula is C16H18N2O2S. The Balaban J connectivity index is 1.69. The second kappa shape index (κ2) is 6.28. The number of carbonyl (C=O) groups is 1. The van der Waals surface area contributed by atoms with Crippen molar-refractivity contribution in [3.05, 3.63) is 46.2 Å². The minimum absolute atomic E-state index is 0.0361. The molecule has 5 heteroatoms. The topological polar surface area (TPSA) is 50.4 Å². The molecule has 2 heterocycles. The lowest BCUT2D eigenvalue weighted by Gasteiger charge is -2.26. The minimum atomic E-state index is -0.0361. The van der Waals surface area contributed by atoms with E-state index in [0.29, 0.717) is 6.04 Å². The van der Waals surface area contributed by atoms with Crippen LogP contribution in [0.4, 0.5) is 5.69 Å². The predicted molar refractivity (Wildman–Crippen MR) is 84.8 cm³/mol. The van der Waals surface area contributed by atoms with Crippen LogP contribution in [-0.4, -0.2) is 12.5 Å². The van der Waals surface area contributed by atoms with E-state index in [1.807, 2.05) is 29.6 Å². The van der Waals surface area contributed by atoms with Crippen LogP contribution in [0.15, 0.2) is 35.7 Å². The summed E-state index contributed by atoms with van der Waals surface area (Å²) in [7, 11) is 0. The Kier molecular flexibility index (Phi) is 4.22. The molecule has 21 heavy (non-hydrogen) atoms. The largest absolute Gasteiger partial charge is 0.493 e. The number of hydrogen-bond acceptors (Lipinski definition) is 4. The van der Waals surface area contributed by atoms with Crippen LogP contribution in [-0.2, 0) is 11.3 Å². The van der Waals surface area contributed by atoms with E-state index in [1.54, 1.807) is 11.3 Å². The van der Waals surface area contributed by atoms with Crippen LogP contribution < -0.4 is 15.4 Å². The van der Waals surface area contributed by atoms with Gasteiger partial charge in [-0.05, 0) is 17.5 Å². The monoisotopic (exact) mass is 302 g/mol. The number of amides is 1. The molecule has 0 saturated heterocycles. The zero-order valence-corrected chi connectivity index (χ0v) is 12.7. The van der Waals surface area contributed by atoms with E-state index in [4.69, 9.17) is 4.74 Å². The minimum Gasteiger partial charge on any atom is -0.493 e. The van der Waals surface area contributed by atoms with Gasteiger partial charge in [0, 0.05) is 36.4 Å². The van der Waals surface area contributed by atoms with Gasteiger partial charge in [-0.25, -0.2) is 0 Å². The average molecular weight is 302 g/mol. The van der Waals surface area contributed by atoms with E-state index < -0.39 is 0 Å². The second-order valence-electron chi connectivity index (χ2n) is 5.05. The normalized spacial score (nSPS) is 16.9. The molecule has 0 spiro atoms. The molecule has 1 aliphatic rings. The van der Waals surface area contributed by atoms with Gasteiger partial charge in [0.05, 0.1) is 12.3 Å². The summed E-state index contributed by atoms with van der Waals surface area (Å²) in [6.07, 6.45) is 0.956. The van der Waals surface area contributed by atoms with Crippen molar-refractivity contribution < 1.29 is 9.53 Å². The number of hydrogen-bond donors (Lipinski definition) is 2. The van der Waals surface area contributed by atoms with Gasteiger partial charge in [-0.1, -0.05) is 18.2 Å². The highest BCUT2D eigenvalue weighted by molar-refractivity contribution is 7.10. The maximum absolute atomic E-state index is 11.2. The third kappa shape index (κ3) is 3.25. The Bertz CT molecular complexity index is 639. The number of nitrogens with one attached hydrogen (secondary N) is 2. The fourth-order valence-corrected chi connectivity index (χ4v) is 3.33. The van der Waals surface area contributed by atoms with Crippen molar-refractivity contribution in [2.75, 3.05) is 11.9 Å². The Labute approximate surface area is 128 Å². The van der Waals surface area contributed by atoms with E-state index in [9.17, 15) is 4.79 Å². The Morgan fingerprint density at radius 2 is 2.24 bits per heavy atom. The Morgan fingerprint density at radius 3 is 3.10 bits per heavy atom. The first kappa shape index (κ1) is 14.1. The van der Waals surface area contributed by atoms with E-state index in [1.165, 1.54) is 12.5 Å². The average Bonchev–Trinajstić information content (AvgIpc) is 2.91. The highest BCUT2D eigenvalue weighted by atomic mass is 32.1. The number of benzene rings is 1. The SMILES string of the molecule is CC(=O)Nc1ccsc1CNC1CCOc2ccccc21. The van der Waals surface area contributed by atoms with Gasteiger partial charge in [-0.15, -0.1) is 11.3 Å². The molecule has 0 bridgehead atoms. The smallest absolute Gasteiger partial charge is 0.221 e. The molecule has 1 atom stereocenters. The maximum atomic E-state index is 11.2. The maximum Gasteiger partial charge on any atom is 0.221 e. The molecule has 1 amide bonds. The molecule has 1 unspecified atom stereocenters. The third-order valence-corrected chi connectivity index (χ3v) is 4.44. The summed E-state index contributed by atoms with van der Waals surface area (Å²) in [6.45, 7) is 3.01. The quantitative estimate of drug-likeness (QED) is 0.911. The summed E-state index contributed by atoms with van der Waals surface area (Å²) in [5.74, 6) is 0.931. The van der Waals surface area contributed by atoms with Gasteiger partial charge < -0.3 is 15.4 Å². The molecule has 4 nitrogen and oxygen atoms in total. The first-order chi connectivity index (χ1) is 10.2. The standard InChI is InChI=1S/C16H18N2O2S/c1-11(19)18-14-7-9-21-16(14)10-17-13-6-8-20-15-5-3-2-4-12(13)15/h2-5,7,9,13,17H,6,8,10H2,1H3,(H,18,19). The lowest BCUT2D eigenvalue weighted by atomic mass is 10.0. The van der Waals surface area contributed by atoms with E-state index >= 15 is 0 Å². The van der Waals surface area contributed by atoms with Gasteiger partial charge in [-0.3, -0.25) is 4.79 Å². The van der Waals surface area contributed by atoms with Gasteiger partial charge in [0.1, 0.15) is 5.75 Å². The second-order valence-corrected chi connectivity index (χ2v) is 6.05. The fourth-order valence-electron chi connectivity index (χ4n) is 2.55. The number of ether oxygens (including phenoxy) is 1. The molecular weight excluding hydrogens is 284 g/mol. The molecule has 1 aromatic carbocycles. The number of carbonyl (C=O) groups excluding carboxylic acids is 1. The van der Waals surface area contributed by atoms with Crippen molar-refractivity contribution >= 4 is 22.9 Å². The zero-order valence-electron chi connectivity index (χ0n) is 11.9. The molecule has 1 aromatic heterocycles. The molecule has 1 aliphatic heterocycles. The Hall–Kier alpha value is -1.85. The van der Waals surface area contributed by atoms with Crippen LogP contribution in [0.25, 0.3) is 0 Å². The molecule has 110 valence electrons. The van der Waals surface area contributed by atoms with Gasteiger partial charge >= 0.3 is 0 Å². The van der Waals surface area contributed by atoms with Crippen LogP contribution in [0.2, 0.25) is 0 Å². The lowest BCUT2D eigenvalue weighted by Crippen LogP contribution is -2.26. The van der Waals surface area contributed by atoms with E-state index in [-0.39, 0.29) is 5.91 Å². The number of anilines is 1. The number of para-hydroxylation sites is 1. The molecule has 0 radical (unpaired) electrons. The van der Waals surface area contributed by atoms with Crippen LogP contribution in [0, 0.1) is 0 Å². The van der Waals surface area contributed by atoms with Crippen molar-refractivity contribution in [1.82, 2.24) is 5.32 Å². The highest BCUT2D eigenvalue weighted by Crippen LogP contribution is 2.32. The van der Waals surface area contributed by atoms with E-state index in [0.717, 1.165) is 35.9 Å². The molecule has 2 N–H and O–H groups in total. The van der Waals surface area contributed by atoms with E-state index in [2.05, 4.69) is 16.7 Å².